The molecule has 0 heterocycles. The van der Waals surface area contributed by atoms with E-state index in [0.29, 0.717) is 32.7 Å². The number of anilines is 1. The first-order valence-corrected chi connectivity index (χ1v) is 11.7. The van der Waals surface area contributed by atoms with Crippen molar-refractivity contribution in [3.63, 3.8) is 0 Å². The van der Waals surface area contributed by atoms with Crippen LogP contribution >= 0.6 is 0 Å². The van der Waals surface area contributed by atoms with Gasteiger partial charge in [0.1, 0.15) is 19.8 Å². The molecule has 0 spiro atoms. The van der Waals surface area contributed by atoms with Gasteiger partial charge in [-0.1, -0.05) is 38.4 Å². The molecule has 1 rings (SSSR count). The molecule has 0 fully saturated rings. The third-order valence-corrected chi connectivity index (χ3v) is 4.97. The molecule has 202 valence electrons. The third-order valence-electron chi connectivity index (χ3n) is 4.97. The molecule has 0 amide bonds. The first-order valence-electron chi connectivity index (χ1n) is 11.7. The number of aliphatic hydroxyl groups excluding tert-OH is 1. The molecule has 0 bridgehead atoms. The van der Waals surface area contributed by atoms with E-state index in [9.17, 15) is 19.5 Å². The Morgan fingerprint density at radius 1 is 0.757 bits per heavy atom. The van der Waals surface area contributed by atoms with Crippen molar-refractivity contribution in [3.05, 3.63) is 80.4 Å². The molecule has 1 N–H and O–H groups in total. The molecule has 37 heavy (non-hydrogen) atoms. The van der Waals surface area contributed by atoms with E-state index in [0.717, 1.165) is 29.5 Å². The molecule has 1 aromatic carbocycles. The number of rotatable bonds is 20. The zero-order valence-electron chi connectivity index (χ0n) is 21.1. The maximum Gasteiger partial charge on any atom is 0.330 e. The van der Waals surface area contributed by atoms with Gasteiger partial charge in [0.25, 0.3) is 0 Å². The van der Waals surface area contributed by atoms with Gasteiger partial charge >= 0.3 is 17.9 Å². The molecule has 0 aliphatic rings. The van der Waals surface area contributed by atoms with E-state index in [1.165, 1.54) is 6.08 Å². The van der Waals surface area contributed by atoms with Gasteiger partial charge in [0.05, 0.1) is 19.7 Å². The van der Waals surface area contributed by atoms with Crippen LogP contribution in [0.1, 0.15) is 5.56 Å². The van der Waals surface area contributed by atoms with Crippen molar-refractivity contribution in [3.8, 4) is 0 Å². The largest absolute Gasteiger partial charge is 0.461 e. The number of carbonyl (C=O) groups is 3. The Hall–Kier alpha value is -3.73. The molecule has 10 heteroatoms. The average molecular weight is 517 g/mol. The molecule has 0 aliphatic heterocycles. The van der Waals surface area contributed by atoms with Gasteiger partial charge in [0.15, 0.2) is 6.29 Å². The molecular weight excluding hydrogens is 480 g/mol. The SMILES string of the molecule is C=CC(=O)OCCN(CCOC(O)C=C)Cc1ccc(N(CCOC(=O)C=C)CCOC(=O)C=C)cc1. The summed E-state index contributed by atoms with van der Waals surface area (Å²) in [4.78, 5) is 38.0. The summed E-state index contributed by atoms with van der Waals surface area (Å²) < 4.78 is 20.5. The van der Waals surface area contributed by atoms with Crippen LogP contribution in [-0.2, 0) is 39.9 Å². The predicted molar refractivity (Wildman–Crippen MR) is 140 cm³/mol. The quantitative estimate of drug-likeness (QED) is 0.0907. The number of hydrogen-bond acceptors (Lipinski definition) is 10. The zero-order valence-corrected chi connectivity index (χ0v) is 21.1. The molecular formula is C27H36N2O8. The lowest BCUT2D eigenvalue weighted by molar-refractivity contribution is -0.139. The van der Waals surface area contributed by atoms with Crippen molar-refractivity contribution >= 4 is 23.6 Å². The van der Waals surface area contributed by atoms with E-state index in [-0.39, 0.29) is 26.4 Å². The smallest absolute Gasteiger partial charge is 0.330 e. The molecule has 1 atom stereocenters. The summed E-state index contributed by atoms with van der Waals surface area (Å²) in [5, 5.41) is 9.53. The van der Waals surface area contributed by atoms with Crippen LogP contribution in [-0.4, -0.2) is 86.8 Å². The summed E-state index contributed by atoms with van der Waals surface area (Å²) in [5.74, 6) is -1.53. The van der Waals surface area contributed by atoms with Gasteiger partial charge < -0.3 is 29.0 Å². The van der Waals surface area contributed by atoms with Crippen LogP contribution < -0.4 is 4.90 Å². The minimum atomic E-state index is -1.05. The lowest BCUT2D eigenvalue weighted by Gasteiger charge is -2.25. The maximum absolute atomic E-state index is 11.4. The second-order valence-corrected chi connectivity index (χ2v) is 7.54. The standard InChI is InChI=1S/C27H36N2O8/c1-5-24(30)34-17-13-28(14-18-35-25(31)6-2)21-22-9-11-23(12-10-22)29(15-19-36-26(32)7-3)16-20-37-27(33)8-4/h5-12,24,30H,1-4,13-21H2. The van der Waals surface area contributed by atoms with Crippen LogP contribution in [0.3, 0.4) is 0 Å². The number of esters is 3. The molecule has 0 saturated heterocycles. The monoisotopic (exact) mass is 516 g/mol. The fourth-order valence-electron chi connectivity index (χ4n) is 3.05. The number of aliphatic hydroxyl groups is 1. The Morgan fingerprint density at radius 2 is 1.22 bits per heavy atom. The van der Waals surface area contributed by atoms with Crippen LogP contribution in [0.15, 0.2) is 74.9 Å². The van der Waals surface area contributed by atoms with Crippen molar-refractivity contribution in [2.75, 3.05) is 57.5 Å². The highest BCUT2D eigenvalue weighted by Crippen LogP contribution is 2.17. The third kappa shape index (κ3) is 13.8. The number of benzene rings is 1. The van der Waals surface area contributed by atoms with E-state index in [2.05, 4.69) is 26.3 Å². The average Bonchev–Trinajstić information content (AvgIpc) is 2.91. The first-order chi connectivity index (χ1) is 17.8. The van der Waals surface area contributed by atoms with Gasteiger partial charge in [-0.05, 0) is 23.8 Å². The van der Waals surface area contributed by atoms with Crippen molar-refractivity contribution in [1.29, 1.82) is 0 Å². The van der Waals surface area contributed by atoms with Gasteiger partial charge in [0.2, 0.25) is 0 Å². The van der Waals surface area contributed by atoms with Crippen LogP contribution in [0.2, 0.25) is 0 Å². The lowest BCUT2D eigenvalue weighted by Crippen LogP contribution is -2.32. The maximum atomic E-state index is 11.4. The summed E-state index contributed by atoms with van der Waals surface area (Å²) in [6.07, 6.45) is 3.53. The molecule has 1 aromatic rings. The van der Waals surface area contributed by atoms with Crippen LogP contribution in [0.25, 0.3) is 0 Å². The summed E-state index contributed by atoms with van der Waals surface area (Å²) in [6.45, 7) is 16.5. The van der Waals surface area contributed by atoms with Crippen LogP contribution in [0.5, 0.6) is 0 Å². The Labute approximate surface area is 218 Å². The van der Waals surface area contributed by atoms with E-state index in [1.54, 1.807) is 0 Å². The first kappa shape index (κ1) is 31.3. The Kier molecular flexibility index (Phi) is 15.7. The fourth-order valence-corrected chi connectivity index (χ4v) is 3.05. The Morgan fingerprint density at radius 3 is 1.68 bits per heavy atom. The van der Waals surface area contributed by atoms with Gasteiger partial charge in [-0.15, -0.1) is 0 Å². The van der Waals surface area contributed by atoms with Crippen molar-refractivity contribution in [2.45, 2.75) is 12.8 Å². The molecule has 1 unspecified atom stereocenters. The minimum absolute atomic E-state index is 0.135. The second kappa shape index (κ2) is 18.5. The van der Waals surface area contributed by atoms with Gasteiger partial charge in [-0.2, -0.15) is 0 Å². The molecule has 0 aromatic heterocycles. The van der Waals surface area contributed by atoms with Crippen molar-refractivity contribution in [2.24, 2.45) is 0 Å². The highest BCUT2D eigenvalue weighted by molar-refractivity contribution is 5.81. The van der Waals surface area contributed by atoms with Gasteiger partial charge in [0, 0.05) is 43.5 Å². The zero-order chi connectivity index (χ0) is 27.5. The highest BCUT2D eigenvalue weighted by atomic mass is 16.6. The van der Waals surface area contributed by atoms with Gasteiger partial charge in [-0.3, -0.25) is 4.90 Å². The van der Waals surface area contributed by atoms with E-state index in [4.69, 9.17) is 18.9 Å². The topological polar surface area (TPSA) is 115 Å². The Balaban J connectivity index is 2.84. The molecule has 10 nitrogen and oxygen atoms in total. The fraction of sp³-hybridized carbons (Fsp3) is 0.370. The Bertz CT molecular complexity index is 874. The number of ether oxygens (including phenoxy) is 4. The van der Waals surface area contributed by atoms with E-state index in [1.807, 2.05) is 34.1 Å². The molecule has 0 radical (unpaired) electrons. The van der Waals surface area contributed by atoms with Crippen molar-refractivity contribution < 1.29 is 38.4 Å². The van der Waals surface area contributed by atoms with Crippen LogP contribution in [0.4, 0.5) is 5.69 Å². The summed E-state index contributed by atoms with van der Waals surface area (Å²) >= 11 is 0. The number of nitrogens with zero attached hydrogens (tertiary/aromatic N) is 2. The van der Waals surface area contributed by atoms with E-state index >= 15 is 0 Å². The highest BCUT2D eigenvalue weighted by Gasteiger charge is 2.12. The predicted octanol–water partition coefficient (Wildman–Crippen LogP) is 2.00. The van der Waals surface area contributed by atoms with Crippen molar-refractivity contribution in [1.82, 2.24) is 4.90 Å². The summed E-state index contributed by atoms with van der Waals surface area (Å²) in [6, 6.07) is 7.70. The van der Waals surface area contributed by atoms with E-state index < -0.39 is 24.2 Å². The van der Waals surface area contributed by atoms with Crippen LogP contribution in [0, 0.1) is 0 Å². The number of hydrogen-bond donors (Lipinski definition) is 1. The number of carbonyl (C=O) groups excluding carboxylic acids is 3. The lowest BCUT2D eigenvalue weighted by atomic mass is 10.1. The second-order valence-electron chi connectivity index (χ2n) is 7.54. The van der Waals surface area contributed by atoms with Gasteiger partial charge in [-0.25, -0.2) is 14.4 Å². The normalized spacial score (nSPS) is 11.2. The molecule has 0 saturated carbocycles. The minimum Gasteiger partial charge on any atom is -0.461 e. The summed E-state index contributed by atoms with van der Waals surface area (Å²) in [5.41, 5.74) is 1.83. The summed E-state index contributed by atoms with van der Waals surface area (Å²) in [7, 11) is 0. The molecule has 0 aliphatic carbocycles.